The van der Waals surface area contributed by atoms with Gasteiger partial charge < -0.3 is 30.4 Å². The Hall–Kier alpha value is -13.4. The predicted octanol–water partition coefficient (Wildman–Crippen LogP) is 14.8. The predicted molar refractivity (Wildman–Crippen MR) is 411 cm³/mol. The molecule has 9 aromatic carbocycles. The molecular formula is C81H76ClF2N13O9. The lowest BCUT2D eigenvalue weighted by Crippen LogP contribution is -2.31. The van der Waals surface area contributed by atoms with Crippen LogP contribution in [0.3, 0.4) is 0 Å². The first-order valence-corrected chi connectivity index (χ1v) is 33.6. The van der Waals surface area contributed by atoms with E-state index in [-0.39, 0.29) is 40.0 Å². The molecule has 106 heavy (non-hydrogen) atoms. The van der Waals surface area contributed by atoms with Gasteiger partial charge in [-0.25, -0.2) is 8.78 Å². The van der Waals surface area contributed by atoms with E-state index in [9.17, 15) is 33.3 Å². The van der Waals surface area contributed by atoms with Crippen molar-refractivity contribution < 1.29 is 32.7 Å². The number of halogens is 3. The molecule has 4 aromatic heterocycles. The van der Waals surface area contributed by atoms with Crippen molar-refractivity contribution in [1.29, 1.82) is 10.8 Å². The summed E-state index contributed by atoms with van der Waals surface area (Å²) in [5, 5.41) is 42.9. The number of para-hydroxylation sites is 1. The maximum atomic E-state index is 13.6. The van der Waals surface area contributed by atoms with Crippen LogP contribution in [0.1, 0.15) is 50.1 Å². The number of aromatic nitrogens is 8. The summed E-state index contributed by atoms with van der Waals surface area (Å²) in [6.07, 6.45) is 7.24. The largest absolute Gasteiger partial charge is 0.497 e. The van der Waals surface area contributed by atoms with Gasteiger partial charge >= 0.3 is 0 Å². The van der Waals surface area contributed by atoms with Crippen LogP contribution < -0.4 is 47.1 Å². The standard InChI is InChI=1S/C25H21FN2O2.C19H19FN4O2.C19H19N5O3.C18H17ClN2O2/c1-29-22-14-12-19(13-15-22)24-23(16-11-18-7-6-8-20(26)17-18)25(30-2)28(27-24)21-9-4-3-5-10-21;1-26-15-9-5-13(6-10-15)17-16(18(25)24(23-17)19(21)22)11-4-12-2-7-14(20)8-3-12;1-12-3-2-4-13(11-12)5-10-16-17(22-23(18(16)25)19(20)21)14-6-8-15(9-7-14)24(26)27;1-23-15-8-6-13(7-9-15)17-16(18(22)21-20-17)10-5-12-3-2-4-14(19)11-12/h3-17H,1-2H3;2-3,5-10,23H,4,11H2,1H3,(H3,21,22);2-4,6-9,11,22H,5,10H2,1H3,(H3,20,21);2-4,6-9,11H,5,10H2,1H3,(H2,20,21,22)/b16-11+;;;. The molecule has 0 aliphatic heterocycles. The second kappa shape index (κ2) is 35.5. The average Bonchev–Trinajstić information content (AvgIpc) is 1.64. The number of nitro groups is 1. The Bertz CT molecular complexity index is 5390. The zero-order chi connectivity index (χ0) is 75.4. The quantitative estimate of drug-likeness (QED) is 0.0144. The van der Waals surface area contributed by atoms with Crippen LogP contribution in [-0.2, 0) is 38.5 Å². The Labute approximate surface area is 612 Å². The number of nitro benzene ring substituents is 1. The molecule has 0 aliphatic carbocycles. The molecule has 0 saturated carbocycles. The highest BCUT2D eigenvalue weighted by Crippen LogP contribution is 2.36. The summed E-state index contributed by atoms with van der Waals surface area (Å²) in [7, 11) is 6.46. The topological polar surface area (TPSA) is 322 Å². The van der Waals surface area contributed by atoms with Crippen LogP contribution in [0.15, 0.2) is 239 Å². The fourth-order valence-corrected chi connectivity index (χ4v) is 11.8. The normalized spacial score (nSPS) is 10.8. The van der Waals surface area contributed by atoms with Gasteiger partial charge in [0.2, 0.25) is 17.8 Å². The highest BCUT2D eigenvalue weighted by Gasteiger charge is 2.22. The van der Waals surface area contributed by atoms with Crippen LogP contribution >= 0.6 is 11.6 Å². The minimum atomic E-state index is -0.480. The number of non-ortho nitro benzene ring substituents is 1. The Morgan fingerprint density at radius 2 is 1.01 bits per heavy atom. The first-order chi connectivity index (χ1) is 51.2. The molecule has 25 heteroatoms. The molecule has 0 unspecified atom stereocenters. The van der Waals surface area contributed by atoms with Crippen LogP contribution in [0.5, 0.6) is 23.1 Å². The number of ether oxygens (including phenoxy) is 4. The maximum absolute atomic E-state index is 13.6. The fourth-order valence-electron chi connectivity index (χ4n) is 11.6. The maximum Gasteiger partial charge on any atom is 0.277 e. The number of hydrogen-bond donors (Lipinski definition) is 8. The lowest BCUT2D eigenvalue weighted by atomic mass is 10.0. The van der Waals surface area contributed by atoms with Crippen molar-refractivity contribution in [1.82, 2.24) is 39.5 Å². The van der Waals surface area contributed by atoms with Crippen molar-refractivity contribution >= 4 is 41.4 Å². The van der Waals surface area contributed by atoms with E-state index in [4.69, 9.17) is 57.9 Å². The molecule has 0 amide bonds. The lowest BCUT2D eigenvalue weighted by Gasteiger charge is -2.06. The van der Waals surface area contributed by atoms with E-state index in [1.54, 1.807) is 75.6 Å². The molecule has 540 valence electrons. The molecule has 0 spiro atoms. The number of nitrogens with zero attached hydrogens (tertiary/aromatic N) is 5. The van der Waals surface area contributed by atoms with Crippen LogP contribution in [-0.4, -0.2) is 84.8 Å². The third-order valence-corrected chi connectivity index (χ3v) is 17.3. The molecule has 13 aromatic rings. The van der Waals surface area contributed by atoms with Crippen LogP contribution in [0.25, 0.3) is 62.9 Å². The highest BCUT2D eigenvalue weighted by atomic mass is 35.5. The van der Waals surface area contributed by atoms with Crippen LogP contribution in [0.2, 0.25) is 5.02 Å². The van der Waals surface area contributed by atoms with E-state index in [1.807, 2.05) is 159 Å². The summed E-state index contributed by atoms with van der Waals surface area (Å²) < 4.78 is 51.7. The molecule has 0 saturated heterocycles. The molecule has 22 nitrogen and oxygen atoms in total. The Morgan fingerprint density at radius 1 is 0.519 bits per heavy atom. The highest BCUT2D eigenvalue weighted by molar-refractivity contribution is 6.30. The van der Waals surface area contributed by atoms with Gasteiger partial charge in [0.15, 0.2) is 0 Å². The van der Waals surface area contributed by atoms with Crippen molar-refractivity contribution in [2.75, 3.05) is 28.4 Å². The van der Waals surface area contributed by atoms with Crippen LogP contribution in [0.4, 0.5) is 14.5 Å². The monoisotopic (exact) mass is 1450 g/mol. The first kappa shape index (κ1) is 75.3. The Morgan fingerprint density at radius 3 is 1.51 bits per heavy atom. The van der Waals surface area contributed by atoms with E-state index < -0.39 is 10.9 Å². The molecule has 0 fully saturated rings. The minimum Gasteiger partial charge on any atom is -0.497 e. The molecule has 13 rings (SSSR count). The number of H-pyrrole nitrogens is 4. The van der Waals surface area contributed by atoms with Crippen molar-refractivity contribution in [3.8, 4) is 73.8 Å². The van der Waals surface area contributed by atoms with E-state index in [0.29, 0.717) is 76.8 Å². The summed E-state index contributed by atoms with van der Waals surface area (Å²) in [6, 6.07) is 66.6. The van der Waals surface area contributed by atoms with Gasteiger partial charge in [-0.3, -0.25) is 55.7 Å². The number of aromatic amines is 4. The third-order valence-electron chi connectivity index (χ3n) is 17.1. The smallest absolute Gasteiger partial charge is 0.277 e. The second-order valence-corrected chi connectivity index (χ2v) is 24.5. The van der Waals surface area contributed by atoms with Crippen LogP contribution in [0, 0.1) is 39.5 Å². The van der Waals surface area contributed by atoms with E-state index >= 15 is 0 Å². The van der Waals surface area contributed by atoms with Crippen molar-refractivity contribution in [2.45, 2.75) is 45.4 Å². The third kappa shape index (κ3) is 19.0. The Balaban J connectivity index is 0.000000152. The second-order valence-electron chi connectivity index (χ2n) is 24.1. The number of aryl methyl sites for hydroxylation is 4. The van der Waals surface area contributed by atoms with Gasteiger partial charge in [0.1, 0.15) is 34.6 Å². The van der Waals surface area contributed by atoms with Gasteiger partial charge in [-0.05, 0) is 207 Å². The summed E-state index contributed by atoms with van der Waals surface area (Å²) in [5.74, 6) is 1.49. The molecule has 0 bridgehead atoms. The Kier molecular flexibility index (Phi) is 25.2. The lowest BCUT2D eigenvalue weighted by molar-refractivity contribution is -0.384. The van der Waals surface area contributed by atoms with E-state index in [2.05, 4.69) is 26.5 Å². The zero-order valence-corrected chi connectivity index (χ0v) is 59.2. The van der Waals surface area contributed by atoms with Crippen molar-refractivity contribution in [3.05, 3.63) is 332 Å². The van der Waals surface area contributed by atoms with Crippen molar-refractivity contribution in [3.63, 3.8) is 0 Å². The average molecular weight is 1450 g/mol. The number of rotatable bonds is 21. The molecule has 0 radical (unpaired) electrons. The number of nitrogens with one attached hydrogen (secondary N) is 6. The first-order valence-electron chi connectivity index (χ1n) is 33.3. The van der Waals surface area contributed by atoms with Gasteiger partial charge in [0.25, 0.3) is 22.4 Å². The molecular weight excluding hydrogens is 1370 g/mol. The fraction of sp³-hybridized carbons (Fsp3) is 0.136. The van der Waals surface area contributed by atoms with Gasteiger partial charge in [-0.15, -0.1) is 0 Å². The number of methoxy groups -OCH3 is 4. The SMILES string of the molecule is COc1ccc(-c2[nH][nH]c(=O)c2CCc2cccc(Cl)c2)cc1.COc1ccc(-c2[nH]n(C(=N)N)c(=O)c2CCc2ccc(F)cc2)cc1.COc1ccc(-c2nn(-c3ccccc3)c(OC)c2/C=C/c2cccc(F)c2)cc1.Cc1cccc(CCc2c(-c3ccc([N+](=O)[O-])cc3)[nH]n(C(=N)N)c2=O)c1. The van der Waals surface area contributed by atoms with E-state index in [1.165, 1.54) is 36.4 Å². The molecule has 0 aliphatic rings. The number of nitrogen functional groups attached to an aromatic ring is 2. The summed E-state index contributed by atoms with van der Waals surface area (Å²) in [6.45, 7) is 2.00. The van der Waals surface area contributed by atoms with Crippen molar-refractivity contribution in [2.24, 2.45) is 11.5 Å². The zero-order valence-electron chi connectivity index (χ0n) is 58.5. The molecule has 0 atom stereocenters. The minimum absolute atomic E-state index is 0.0339. The summed E-state index contributed by atoms with van der Waals surface area (Å²) in [4.78, 5) is 47.8. The van der Waals surface area contributed by atoms with E-state index in [0.717, 1.165) is 100.0 Å². The molecule has 4 heterocycles. The summed E-state index contributed by atoms with van der Waals surface area (Å²) >= 11 is 6.01. The number of nitrogens with two attached hydrogens (primary N) is 2. The van der Waals surface area contributed by atoms with Gasteiger partial charge in [-0.1, -0.05) is 102 Å². The number of benzene rings is 9. The summed E-state index contributed by atoms with van der Waals surface area (Å²) in [5.41, 5.74) is 24.6. The van der Waals surface area contributed by atoms with Gasteiger partial charge in [0.05, 0.1) is 61.7 Å². The van der Waals surface area contributed by atoms with Gasteiger partial charge in [-0.2, -0.15) is 19.1 Å². The van der Waals surface area contributed by atoms with Gasteiger partial charge in [0, 0.05) is 56.1 Å². The number of hydrogen-bond acceptors (Lipinski definition) is 12. The molecule has 10 N–H and O–H groups in total.